The van der Waals surface area contributed by atoms with Crippen molar-refractivity contribution in [2.24, 2.45) is 0 Å². The maximum atomic E-state index is 11.4. The van der Waals surface area contributed by atoms with Gasteiger partial charge in [-0.25, -0.2) is 8.42 Å². The van der Waals surface area contributed by atoms with Gasteiger partial charge in [-0.05, 0) is 48.5 Å². The van der Waals surface area contributed by atoms with E-state index in [0.29, 0.717) is 19.0 Å². The largest absolute Gasteiger partial charge is 0.497 e. The number of rotatable bonds is 8. The Morgan fingerprint density at radius 1 is 0.783 bits per heavy atom. The van der Waals surface area contributed by atoms with Crippen LogP contribution >= 0.6 is 0 Å². The van der Waals surface area contributed by atoms with Gasteiger partial charge in [0.15, 0.2) is 9.84 Å². The Kier molecular flexibility index (Phi) is 5.87. The minimum atomic E-state index is -3.17. The number of hydrogen-bond acceptors (Lipinski definition) is 5. The molecule has 2 rings (SSSR count). The van der Waals surface area contributed by atoms with Gasteiger partial charge in [0.1, 0.15) is 17.2 Å². The van der Waals surface area contributed by atoms with Crippen LogP contribution in [0.1, 0.15) is 6.42 Å². The van der Waals surface area contributed by atoms with Crippen LogP contribution in [0.25, 0.3) is 0 Å². The van der Waals surface area contributed by atoms with Crippen molar-refractivity contribution in [1.29, 1.82) is 0 Å². The number of methoxy groups -OCH3 is 1. The van der Waals surface area contributed by atoms with Crippen LogP contribution in [0.2, 0.25) is 0 Å². The molecule has 5 nitrogen and oxygen atoms in total. The van der Waals surface area contributed by atoms with Crippen molar-refractivity contribution in [3.63, 3.8) is 0 Å². The maximum Gasteiger partial charge on any atom is 0.175 e. The molecule has 0 radical (unpaired) electrons. The molecule has 0 amide bonds. The van der Waals surface area contributed by atoms with Gasteiger partial charge in [0.05, 0.1) is 25.2 Å². The molecule has 0 fully saturated rings. The van der Waals surface area contributed by atoms with Gasteiger partial charge in [0.2, 0.25) is 0 Å². The molecule has 2 aromatic rings. The summed E-state index contributed by atoms with van der Waals surface area (Å²) in [7, 11) is -1.55. The predicted molar refractivity (Wildman–Crippen MR) is 88.2 cm³/mol. The molecule has 0 aliphatic heterocycles. The highest BCUT2D eigenvalue weighted by Gasteiger charge is 2.06. The lowest BCUT2D eigenvalue weighted by atomic mass is 10.3. The lowest BCUT2D eigenvalue weighted by Gasteiger charge is -2.09. The van der Waals surface area contributed by atoms with E-state index in [2.05, 4.69) is 0 Å². The Balaban J connectivity index is 1.70. The zero-order chi connectivity index (χ0) is 16.7. The first-order chi connectivity index (χ1) is 11.0. The molecule has 0 aliphatic carbocycles. The fraction of sp³-hybridized carbons (Fsp3) is 0.294. The highest BCUT2D eigenvalue weighted by atomic mass is 32.2. The van der Waals surface area contributed by atoms with E-state index in [9.17, 15) is 8.42 Å². The summed E-state index contributed by atoms with van der Waals surface area (Å²) in [5.74, 6) is 2.21. The standard InChI is InChI=1S/C17H20O5S/c1-20-14-4-6-15(7-5-14)21-12-3-13-22-16-8-10-17(11-9-16)23(2,18)19/h4-11H,3,12-13H2,1-2H3. The molecule has 0 spiro atoms. The minimum absolute atomic E-state index is 0.285. The van der Waals surface area contributed by atoms with Crippen molar-refractivity contribution in [1.82, 2.24) is 0 Å². The number of sulfone groups is 1. The van der Waals surface area contributed by atoms with Gasteiger partial charge in [-0.15, -0.1) is 0 Å². The van der Waals surface area contributed by atoms with E-state index in [1.165, 1.54) is 6.26 Å². The molecule has 0 unspecified atom stereocenters. The maximum absolute atomic E-state index is 11.4. The molecule has 0 aromatic heterocycles. The fourth-order valence-corrected chi connectivity index (χ4v) is 2.52. The normalized spacial score (nSPS) is 11.0. The Labute approximate surface area is 136 Å². The van der Waals surface area contributed by atoms with Crippen molar-refractivity contribution < 1.29 is 22.6 Å². The summed E-state index contributed by atoms with van der Waals surface area (Å²) in [6, 6.07) is 13.8. The van der Waals surface area contributed by atoms with Gasteiger partial charge in [-0.3, -0.25) is 0 Å². The fourth-order valence-electron chi connectivity index (χ4n) is 1.89. The molecule has 23 heavy (non-hydrogen) atoms. The molecule has 0 bridgehead atoms. The van der Waals surface area contributed by atoms with Crippen LogP contribution in [0.4, 0.5) is 0 Å². The smallest absolute Gasteiger partial charge is 0.175 e. The van der Waals surface area contributed by atoms with E-state index in [4.69, 9.17) is 14.2 Å². The SMILES string of the molecule is COc1ccc(OCCCOc2ccc(S(C)(=O)=O)cc2)cc1. The molecule has 0 heterocycles. The summed E-state index contributed by atoms with van der Waals surface area (Å²) in [5.41, 5.74) is 0. The van der Waals surface area contributed by atoms with Crippen LogP contribution in [0.5, 0.6) is 17.2 Å². The second-order valence-corrected chi connectivity index (χ2v) is 6.99. The average molecular weight is 336 g/mol. The van der Waals surface area contributed by atoms with E-state index in [0.717, 1.165) is 17.9 Å². The third kappa shape index (κ3) is 5.49. The highest BCUT2D eigenvalue weighted by Crippen LogP contribution is 2.18. The molecule has 0 aliphatic rings. The van der Waals surface area contributed by atoms with E-state index < -0.39 is 9.84 Å². The first kappa shape index (κ1) is 17.1. The molecule has 0 N–H and O–H groups in total. The van der Waals surface area contributed by atoms with E-state index in [-0.39, 0.29) is 4.90 Å². The Bertz CT molecular complexity index is 706. The monoisotopic (exact) mass is 336 g/mol. The summed E-state index contributed by atoms with van der Waals surface area (Å²) in [5, 5.41) is 0. The molecule has 0 atom stereocenters. The Morgan fingerprint density at radius 3 is 1.65 bits per heavy atom. The Morgan fingerprint density at radius 2 is 1.22 bits per heavy atom. The van der Waals surface area contributed by atoms with Crippen LogP contribution in [0, 0.1) is 0 Å². The van der Waals surface area contributed by atoms with Gasteiger partial charge in [0.25, 0.3) is 0 Å². The van der Waals surface area contributed by atoms with Crippen LogP contribution in [-0.4, -0.2) is 35.0 Å². The van der Waals surface area contributed by atoms with Crippen LogP contribution in [0.3, 0.4) is 0 Å². The van der Waals surface area contributed by atoms with E-state index in [1.54, 1.807) is 31.4 Å². The Hall–Kier alpha value is -2.21. The van der Waals surface area contributed by atoms with Gasteiger partial charge in [0, 0.05) is 12.7 Å². The molecule has 2 aromatic carbocycles. The molecule has 124 valence electrons. The zero-order valence-corrected chi connectivity index (χ0v) is 14.0. The van der Waals surface area contributed by atoms with Gasteiger partial charge in [-0.1, -0.05) is 0 Å². The van der Waals surface area contributed by atoms with Gasteiger partial charge >= 0.3 is 0 Å². The van der Waals surface area contributed by atoms with Crippen molar-refractivity contribution in [3.8, 4) is 17.2 Å². The van der Waals surface area contributed by atoms with Crippen molar-refractivity contribution in [2.75, 3.05) is 26.6 Å². The van der Waals surface area contributed by atoms with Crippen LogP contribution < -0.4 is 14.2 Å². The summed E-state index contributed by atoms with van der Waals surface area (Å²) in [6.07, 6.45) is 1.90. The summed E-state index contributed by atoms with van der Waals surface area (Å²) < 4.78 is 38.9. The first-order valence-electron chi connectivity index (χ1n) is 7.19. The van der Waals surface area contributed by atoms with Crippen LogP contribution in [0.15, 0.2) is 53.4 Å². The lowest BCUT2D eigenvalue weighted by Crippen LogP contribution is -2.05. The van der Waals surface area contributed by atoms with Crippen LogP contribution in [-0.2, 0) is 9.84 Å². The minimum Gasteiger partial charge on any atom is -0.497 e. The topological polar surface area (TPSA) is 61.8 Å². The second kappa shape index (κ2) is 7.87. The number of ether oxygens (including phenoxy) is 3. The summed E-state index contributed by atoms with van der Waals surface area (Å²) in [6.45, 7) is 1.03. The second-order valence-electron chi connectivity index (χ2n) is 4.97. The molecule has 0 saturated carbocycles. The number of benzene rings is 2. The third-order valence-corrected chi connectivity index (χ3v) is 4.27. The molecule has 0 saturated heterocycles. The summed E-state index contributed by atoms with van der Waals surface area (Å²) in [4.78, 5) is 0.285. The third-order valence-electron chi connectivity index (χ3n) is 3.14. The predicted octanol–water partition coefficient (Wildman–Crippen LogP) is 2.95. The molecule has 6 heteroatoms. The molecular weight excluding hydrogens is 316 g/mol. The van der Waals surface area contributed by atoms with Crippen molar-refractivity contribution in [3.05, 3.63) is 48.5 Å². The summed E-state index contributed by atoms with van der Waals surface area (Å²) >= 11 is 0. The molecular formula is C17H20O5S. The van der Waals surface area contributed by atoms with E-state index in [1.807, 2.05) is 24.3 Å². The average Bonchev–Trinajstić information content (AvgIpc) is 2.55. The van der Waals surface area contributed by atoms with Crippen molar-refractivity contribution in [2.45, 2.75) is 11.3 Å². The first-order valence-corrected chi connectivity index (χ1v) is 9.08. The zero-order valence-electron chi connectivity index (χ0n) is 13.2. The van der Waals surface area contributed by atoms with Crippen molar-refractivity contribution >= 4 is 9.84 Å². The van der Waals surface area contributed by atoms with E-state index >= 15 is 0 Å². The quantitative estimate of drug-likeness (QED) is 0.694. The highest BCUT2D eigenvalue weighted by molar-refractivity contribution is 7.90. The van der Waals surface area contributed by atoms with Gasteiger partial charge in [-0.2, -0.15) is 0 Å². The number of hydrogen-bond donors (Lipinski definition) is 0. The lowest BCUT2D eigenvalue weighted by molar-refractivity contribution is 0.247. The van der Waals surface area contributed by atoms with Gasteiger partial charge < -0.3 is 14.2 Å².